The number of esters is 1. The van der Waals surface area contributed by atoms with Crippen LogP contribution in [0.25, 0.3) is 0 Å². The molecule has 0 amide bonds. The third-order valence-corrected chi connectivity index (χ3v) is 5.69. The van der Waals surface area contributed by atoms with E-state index in [9.17, 15) is 15.0 Å². The quantitative estimate of drug-likeness (QED) is 0.307. The summed E-state index contributed by atoms with van der Waals surface area (Å²) in [5.41, 5.74) is 3.19. The van der Waals surface area contributed by atoms with Crippen LogP contribution in [-0.2, 0) is 11.2 Å². The molecule has 0 saturated carbocycles. The first kappa shape index (κ1) is 23.0. The number of aryl methyl sites for hydroxylation is 1. The zero-order chi connectivity index (χ0) is 21.6. The fourth-order valence-corrected chi connectivity index (χ4v) is 4.16. The van der Waals surface area contributed by atoms with Gasteiger partial charge in [-0.15, -0.1) is 0 Å². The maximum atomic E-state index is 12.7. The van der Waals surface area contributed by atoms with E-state index in [1.807, 2.05) is 13.8 Å². The second-order valence-corrected chi connectivity index (χ2v) is 8.04. The number of rotatable bonds is 9. The van der Waals surface area contributed by atoms with Crippen LogP contribution in [0.15, 0.2) is 29.9 Å². The van der Waals surface area contributed by atoms with Crippen LogP contribution in [0, 0.1) is 5.92 Å². The number of benzene rings is 1. The number of hydrogen-bond acceptors (Lipinski definition) is 5. The molecule has 5 nitrogen and oxygen atoms in total. The number of phenolic OH excluding ortho intramolecular Hbond substituents is 2. The van der Waals surface area contributed by atoms with Gasteiger partial charge in [-0.25, -0.2) is 4.79 Å². The van der Waals surface area contributed by atoms with Crippen LogP contribution in [0.1, 0.15) is 80.3 Å². The molecule has 1 aliphatic rings. The topological polar surface area (TPSA) is 87.0 Å². The molecule has 1 aromatic rings. The van der Waals surface area contributed by atoms with Crippen molar-refractivity contribution in [3.63, 3.8) is 0 Å². The van der Waals surface area contributed by atoms with Crippen molar-refractivity contribution in [1.29, 1.82) is 0 Å². The molecule has 2 rings (SSSR count). The van der Waals surface area contributed by atoms with Gasteiger partial charge in [-0.1, -0.05) is 43.6 Å². The Kier molecular flexibility index (Phi) is 8.32. The zero-order valence-electron chi connectivity index (χ0n) is 17.8. The van der Waals surface area contributed by atoms with Crippen molar-refractivity contribution in [3.8, 4) is 11.5 Å². The lowest BCUT2D eigenvalue weighted by atomic mass is 9.73. The smallest absolute Gasteiger partial charge is 0.342 e. The monoisotopic (exact) mass is 402 g/mol. The molecule has 29 heavy (non-hydrogen) atoms. The number of allylic oxidation sites excluding steroid dienone is 3. The van der Waals surface area contributed by atoms with Crippen molar-refractivity contribution < 1.29 is 24.9 Å². The molecular weight excluding hydrogens is 368 g/mol. The fourth-order valence-electron chi connectivity index (χ4n) is 4.16. The Balaban J connectivity index is 2.59. The van der Waals surface area contributed by atoms with E-state index in [1.165, 1.54) is 5.57 Å². The second kappa shape index (κ2) is 10.5. The van der Waals surface area contributed by atoms with Gasteiger partial charge in [0.15, 0.2) is 0 Å². The highest BCUT2D eigenvalue weighted by Gasteiger charge is 2.33. The minimum absolute atomic E-state index is 0.00472. The molecule has 0 heterocycles. The third kappa shape index (κ3) is 5.41. The lowest BCUT2D eigenvalue weighted by molar-refractivity contribution is 0.0429. The standard InChI is InChI=1S/C24H34O5/c1-5-6-7-8-17-14-20(26)22(23(27)21(17)24(28)29-12-11-25)19-13-16(4)9-10-18(19)15(2)3/h13-14,18-19,25-27H,2,5-12H2,1,3-4H3/t18-,19?/m1/s1. The molecule has 1 aromatic carbocycles. The average molecular weight is 403 g/mol. The number of ether oxygens (including phenoxy) is 1. The third-order valence-electron chi connectivity index (χ3n) is 5.69. The number of phenols is 2. The summed E-state index contributed by atoms with van der Waals surface area (Å²) in [6.07, 6.45) is 7.27. The van der Waals surface area contributed by atoms with E-state index in [4.69, 9.17) is 9.84 Å². The normalized spacial score (nSPS) is 19.0. The maximum Gasteiger partial charge on any atom is 0.342 e. The van der Waals surface area contributed by atoms with Crippen LogP contribution in [0.2, 0.25) is 0 Å². The van der Waals surface area contributed by atoms with E-state index in [-0.39, 0.29) is 42.1 Å². The second-order valence-electron chi connectivity index (χ2n) is 8.04. The number of carbonyl (C=O) groups excluding carboxylic acids is 1. The number of aliphatic hydroxyl groups excluding tert-OH is 1. The first-order valence-corrected chi connectivity index (χ1v) is 10.5. The summed E-state index contributed by atoms with van der Waals surface area (Å²) >= 11 is 0. The van der Waals surface area contributed by atoms with Gasteiger partial charge in [-0.05, 0) is 57.1 Å². The van der Waals surface area contributed by atoms with Gasteiger partial charge in [-0.2, -0.15) is 0 Å². The average Bonchev–Trinajstić information content (AvgIpc) is 2.66. The number of unbranched alkanes of at least 4 members (excludes halogenated alkanes) is 2. The van der Waals surface area contributed by atoms with Crippen LogP contribution < -0.4 is 0 Å². The van der Waals surface area contributed by atoms with Gasteiger partial charge in [0.2, 0.25) is 0 Å². The molecule has 5 heteroatoms. The minimum atomic E-state index is -0.673. The van der Waals surface area contributed by atoms with Gasteiger partial charge in [0.05, 0.1) is 6.61 Å². The van der Waals surface area contributed by atoms with Gasteiger partial charge >= 0.3 is 5.97 Å². The van der Waals surface area contributed by atoms with Crippen molar-refractivity contribution in [2.24, 2.45) is 5.92 Å². The molecule has 1 aliphatic carbocycles. The first-order chi connectivity index (χ1) is 13.8. The summed E-state index contributed by atoms with van der Waals surface area (Å²) in [5, 5.41) is 31.0. The fraction of sp³-hybridized carbons (Fsp3) is 0.542. The molecule has 2 atom stereocenters. The number of carbonyl (C=O) groups is 1. The number of aliphatic hydroxyl groups is 1. The van der Waals surface area contributed by atoms with E-state index >= 15 is 0 Å². The number of aromatic hydroxyl groups is 2. The van der Waals surface area contributed by atoms with Crippen molar-refractivity contribution in [3.05, 3.63) is 46.6 Å². The Morgan fingerprint density at radius 1 is 1.31 bits per heavy atom. The molecular formula is C24H34O5. The Labute approximate surface area is 173 Å². The minimum Gasteiger partial charge on any atom is -0.507 e. The van der Waals surface area contributed by atoms with Crippen molar-refractivity contribution in [2.75, 3.05) is 13.2 Å². The summed E-state index contributed by atoms with van der Waals surface area (Å²) in [5.74, 6) is -1.08. The lowest BCUT2D eigenvalue weighted by Gasteiger charge is -2.32. The van der Waals surface area contributed by atoms with Crippen LogP contribution in [-0.4, -0.2) is 34.5 Å². The molecule has 0 radical (unpaired) electrons. The highest BCUT2D eigenvalue weighted by Crippen LogP contribution is 2.48. The van der Waals surface area contributed by atoms with Crippen LogP contribution in [0.3, 0.4) is 0 Å². The molecule has 0 aliphatic heterocycles. The zero-order valence-corrected chi connectivity index (χ0v) is 17.8. The Hall–Kier alpha value is -2.27. The SMILES string of the molecule is C=C(C)[C@H]1CCC(C)=CC1c1c(O)cc(CCCCC)c(C(=O)OCCO)c1O. The van der Waals surface area contributed by atoms with Gasteiger partial charge < -0.3 is 20.1 Å². The largest absolute Gasteiger partial charge is 0.507 e. The summed E-state index contributed by atoms with van der Waals surface area (Å²) in [4.78, 5) is 12.7. The van der Waals surface area contributed by atoms with E-state index in [0.717, 1.165) is 37.7 Å². The predicted octanol–water partition coefficient (Wildman–Crippen LogP) is 5.00. The Bertz CT molecular complexity index is 778. The van der Waals surface area contributed by atoms with E-state index in [0.29, 0.717) is 17.5 Å². The lowest BCUT2D eigenvalue weighted by Crippen LogP contribution is -2.19. The maximum absolute atomic E-state index is 12.7. The highest BCUT2D eigenvalue weighted by molar-refractivity contribution is 5.95. The van der Waals surface area contributed by atoms with Crippen LogP contribution >= 0.6 is 0 Å². The molecule has 0 saturated heterocycles. The summed E-state index contributed by atoms with van der Waals surface area (Å²) in [6.45, 7) is 9.74. The Morgan fingerprint density at radius 2 is 2.03 bits per heavy atom. The summed E-state index contributed by atoms with van der Waals surface area (Å²) in [6, 6.07) is 1.59. The van der Waals surface area contributed by atoms with Crippen LogP contribution in [0.5, 0.6) is 11.5 Å². The van der Waals surface area contributed by atoms with Gasteiger partial charge in [0, 0.05) is 11.5 Å². The molecule has 160 valence electrons. The summed E-state index contributed by atoms with van der Waals surface area (Å²) < 4.78 is 5.12. The predicted molar refractivity (Wildman–Crippen MR) is 114 cm³/mol. The molecule has 0 aromatic heterocycles. The van der Waals surface area contributed by atoms with Crippen molar-refractivity contribution in [1.82, 2.24) is 0 Å². The first-order valence-electron chi connectivity index (χ1n) is 10.5. The van der Waals surface area contributed by atoms with E-state index in [1.54, 1.807) is 6.07 Å². The van der Waals surface area contributed by atoms with Gasteiger partial charge in [0.1, 0.15) is 23.7 Å². The Morgan fingerprint density at radius 3 is 2.66 bits per heavy atom. The van der Waals surface area contributed by atoms with E-state index < -0.39 is 5.97 Å². The molecule has 0 fully saturated rings. The van der Waals surface area contributed by atoms with E-state index in [2.05, 4.69) is 19.6 Å². The van der Waals surface area contributed by atoms with Gasteiger partial charge in [0.25, 0.3) is 0 Å². The highest BCUT2D eigenvalue weighted by atomic mass is 16.5. The molecule has 3 N–H and O–H groups in total. The summed E-state index contributed by atoms with van der Waals surface area (Å²) in [7, 11) is 0. The molecule has 0 spiro atoms. The van der Waals surface area contributed by atoms with Crippen molar-refractivity contribution >= 4 is 5.97 Å². The molecule has 1 unspecified atom stereocenters. The van der Waals surface area contributed by atoms with Gasteiger partial charge in [-0.3, -0.25) is 0 Å². The van der Waals surface area contributed by atoms with Crippen molar-refractivity contribution in [2.45, 2.75) is 65.2 Å². The van der Waals surface area contributed by atoms with Crippen LogP contribution in [0.4, 0.5) is 0 Å². The molecule has 0 bridgehead atoms. The number of hydrogen-bond donors (Lipinski definition) is 3.